The highest BCUT2D eigenvalue weighted by Gasteiger charge is 2.04. The van der Waals surface area contributed by atoms with Crippen molar-refractivity contribution in [3.8, 4) is 10.6 Å². The fraction of sp³-hybridized carbons (Fsp3) is 0.308. The van der Waals surface area contributed by atoms with E-state index in [0.717, 1.165) is 22.1 Å². The highest BCUT2D eigenvalue weighted by atomic mass is 35.5. The molecule has 90 valence electrons. The van der Waals surface area contributed by atoms with E-state index in [1.165, 1.54) is 4.88 Å². The average molecular weight is 267 g/mol. The highest BCUT2D eigenvalue weighted by molar-refractivity contribution is 7.15. The smallest absolute Gasteiger partial charge is 0.123 e. The quantitative estimate of drug-likeness (QED) is 0.906. The molecule has 0 saturated carbocycles. The van der Waals surface area contributed by atoms with E-state index in [-0.39, 0.29) is 0 Å². The number of nitrogens with one attached hydrogen (secondary N) is 1. The van der Waals surface area contributed by atoms with Crippen LogP contribution in [0.15, 0.2) is 30.5 Å². The summed E-state index contributed by atoms with van der Waals surface area (Å²) in [7, 11) is 0. The zero-order chi connectivity index (χ0) is 12.3. The number of hydrogen-bond acceptors (Lipinski definition) is 3. The molecule has 2 aromatic rings. The molecular formula is C13H15ClN2S. The van der Waals surface area contributed by atoms with Crippen LogP contribution in [-0.2, 0) is 6.54 Å². The normalized spacial score (nSPS) is 11.1. The number of rotatable bonds is 4. The second-order valence-electron chi connectivity index (χ2n) is 4.17. The van der Waals surface area contributed by atoms with Crippen LogP contribution in [0.4, 0.5) is 0 Å². The summed E-state index contributed by atoms with van der Waals surface area (Å²) in [5.74, 6) is 0. The summed E-state index contributed by atoms with van der Waals surface area (Å²) in [4.78, 5) is 5.68. The maximum Gasteiger partial charge on any atom is 0.123 e. The van der Waals surface area contributed by atoms with Crippen molar-refractivity contribution in [1.29, 1.82) is 0 Å². The fourth-order valence-electron chi connectivity index (χ4n) is 1.42. The average Bonchev–Trinajstić information content (AvgIpc) is 2.76. The second-order valence-corrected chi connectivity index (χ2v) is 5.73. The standard InChI is InChI=1S/C13H15ClN2S/c1-9(2)15-7-12-8-16-13(17-12)10-3-5-11(14)6-4-10/h3-6,8-9,15H,7H2,1-2H3. The van der Waals surface area contributed by atoms with Gasteiger partial charge in [-0.2, -0.15) is 0 Å². The number of hydrogen-bond donors (Lipinski definition) is 1. The van der Waals surface area contributed by atoms with Crippen LogP contribution in [0.25, 0.3) is 10.6 Å². The van der Waals surface area contributed by atoms with Crippen LogP contribution < -0.4 is 5.32 Å². The Labute approximate surface area is 111 Å². The van der Waals surface area contributed by atoms with Gasteiger partial charge < -0.3 is 5.32 Å². The third-order valence-electron chi connectivity index (χ3n) is 2.33. The minimum Gasteiger partial charge on any atom is -0.310 e. The number of thiazole rings is 1. The molecule has 0 bridgehead atoms. The van der Waals surface area contributed by atoms with E-state index in [4.69, 9.17) is 11.6 Å². The highest BCUT2D eigenvalue weighted by Crippen LogP contribution is 2.26. The lowest BCUT2D eigenvalue weighted by Crippen LogP contribution is -2.21. The Balaban J connectivity index is 2.10. The molecule has 1 heterocycles. The lowest BCUT2D eigenvalue weighted by molar-refractivity contribution is 0.593. The summed E-state index contributed by atoms with van der Waals surface area (Å²) < 4.78 is 0. The molecule has 0 spiro atoms. The van der Waals surface area contributed by atoms with Crippen molar-refractivity contribution >= 4 is 22.9 Å². The van der Waals surface area contributed by atoms with Gasteiger partial charge in [-0.1, -0.05) is 37.6 Å². The van der Waals surface area contributed by atoms with Crippen molar-refractivity contribution < 1.29 is 0 Å². The van der Waals surface area contributed by atoms with E-state index < -0.39 is 0 Å². The van der Waals surface area contributed by atoms with Crippen LogP contribution >= 0.6 is 22.9 Å². The Morgan fingerprint density at radius 1 is 1.29 bits per heavy atom. The zero-order valence-corrected chi connectivity index (χ0v) is 11.5. The monoisotopic (exact) mass is 266 g/mol. The lowest BCUT2D eigenvalue weighted by Gasteiger charge is -2.04. The Kier molecular flexibility index (Phi) is 4.15. The predicted octanol–water partition coefficient (Wildman–Crippen LogP) is 3.96. The van der Waals surface area contributed by atoms with Gasteiger partial charge in [0.2, 0.25) is 0 Å². The lowest BCUT2D eigenvalue weighted by atomic mass is 10.2. The van der Waals surface area contributed by atoms with Gasteiger partial charge in [0.1, 0.15) is 5.01 Å². The van der Waals surface area contributed by atoms with Gasteiger partial charge in [-0.3, -0.25) is 0 Å². The van der Waals surface area contributed by atoms with Crippen LogP contribution in [0.1, 0.15) is 18.7 Å². The van der Waals surface area contributed by atoms with Crippen LogP contribution in [0, 0.1) is 0 Å². The molecular weight excluding hydrogens is 252 g/mol. The number of halogens is 1. The van der Waals surface area contributed by atoms with Gasteiger partial charge in [-0.05, 0) is 12.1 Å². The topological polar surface area (TPSA) is 24.9 Å². The molecule has 2 rings (SSSR count). The van der Waals surface area contributed by atoms with E-state index in [0.29, 0.717) is 6.04 Å². The van der Waals surface area contributed by atoms with Crippen molar-refractivity contribution in [2.75, 3.05) is 0 Å². The number of benzene rings is 1. The van der Waals surface area contributed by atoms with Crippen molar-refractivity contribution in [3.63, 3.8) is 0 Å². The summed E-state index contributed by atoms with van der Waals surface area (Å²) in [5.41, 5.74) is 1.12. The van der Waals surface area contributed by atoms with E-state index >= 15 is 0 Å². The minimum absolute atomic E-state index is 0.496. The van der Waals surface area contributed by atoms with Gasteiger partial charge in [0, 0.05) is 34.2 Å². The van der Waals surface area contributed by atoms with Gasteiger partial charge in [0.15, 0.2) is 0 Å². The number of aromatic nitrogens is 1. The first-order valence-electron chi connectivity index (χ1n) is 5.59. The largest absolute Gasteiger partial charge is 0.310 e. The Morgan fingerprint density at radius 2 is 2.00 bits per heavy atom. The summed E-state index contributed by atoms with van der Waals surface area (Å²) in [5, 5.41) is 5.19. The third kappa shape index (κ3) is 3.53. The second kappa shape index (κ2) is 5.63. The molecule has 0 aliphatic carbocycles. The molecule has 0 amide bonds. The SMILES string of the molecule is CC(C)NCc1cnc(-c2ccc(Cl)cc2)s1. The first-order chi connectivity index (χ1) is 8.15. The van der Waals surface area contributed by atoms with Crippen LogP contribution in [-0.4, -0.2) is 11.0 Å². The molecule has 0 aliphatic rings. The Hall–Kier alpha value is -0.900. The van der Waals surface area contributed by atoms with Crippen LogP contribution in [0.2, 0.25) is 5.02 Å². The van der Waals surface area contributed by atoms with E-state index in [1.54, 1.807) is 11.3 Å². The molecule has 0 aliphatic heterocycles. The third-order valence-corrected chi connectivity index (χ3v) is 3.63. The maximum atomic E-state index is 5.86. The molecule has 0 unspecified atom stereocenters. The van der Waals surface area contributed by atoms with Crippen molar-refractivity contribution in [2.24, 2.45) is 0 Å². The molecule has 1 aromatic heterocycles. The van der Waals surface area contributed by atoms with E-state index in [9.17, 15) is 0 Å². The molecule has 4 heteroatoms. The van der Waals surface area contributed by atoms with Gasteiger partial charge in [0.05, 0.1) is 0 Å². The first kappa shape index (κ1) is 12.6. The molecule has 1 aromatic carbocycles. The van der Waals surface area contributed by atoms with Crippen molar-refractivity contribution in [3.05, 3.63) is 40.4 Å². The summed E-state index contributed by atoms with van der Waals surface area (Å²) in [6, 6.07) is 8.28. The van der Waals surface area contributed by atoms with Gasteiger partial charge in [-0.25, -0.2) is 4.98 Å². The molecule has 2 nitrogen and oxygen atoms in total. The van der Waals surface area contributed by atoms with Gasteiger partial charge in [-0.15, -0.1) is 11.3 Å². The van der Waals surface area contributed by atoms with E-state index in [1.807, 2.05) is 30.5 Å². The van der Waals surface area contributed by atoms with Crippen molar-refractivity contribution in [2.45, 2.75) is 26.4 Å². The van der Waals surface area contributed by atoms with Crippen LogP contribution in [0.3, 0.4) is 0 Å². The Morgan fingerprint density at radius 3 is 2.65 bits per heavy atom. The molecule has 0 radical (unpaired) electrons. The minimum atomic E-state index is 0.496. The molecule has 0 fully saturated rings. The first-order valence-corrected chi connectivity index (χ1v) is 6.78. The van der Waals surface area contributed by atoms with Gasteiger partial charge in [0.25, 0.3) is 0 Å². The number of nitrogens with zero attached hydrogens (tertiary/aromatic N) is 1. The molecule has 1 N–H and O–H groups in total. The Bertz CT molecular complexity index is 476. The zero-order valence-electron chi connectivity index (χ0n) is 9.90. The van der Waals surface area contributed by atoms with Gasteiger partial charge >= 0.3 is 0 Å². The molecule has 17 heavy (non-hydrogen) atoms. The summed E-state index contributed by atoms with van der Waals surface area (Å²) in [6.07, 6.45) is 1.93. The van der Waals surface area contributed by atoms with Crippen LogP contribution in [0.5, 0.6) is 0 Å². The fourth-order valence-corrected chi connectivity index (χ4v) is 2.41. The van der Waals surface area contributed by atoms with Crippen molar-refractivity contribution in [1.82, 2.24) is 10.3 Å². The van der Waals surface area contributed by atoms with E-state index in [2.05, 4.69) is 24.1 Å². The predicted molar refractivity (Wildman–Crippen MR) is 74.5 cm³/mol. The maximum absolute atomic E-state index is 5.86. The molecule has 0 saturated heterocycles. The molecule has 0 atom stereocenters. The summed E-state index contributed by atoms with van der Waals surface area (Å²) in [6.45, 7) is 5.16. The summed E-state index contributed by atoms with van der Waals surface area (Å²) >= 11 is 7.58.